The van der Waals surface area contributed by atoms with E-state index in [0.29, 0.717) is 40.9 Å². The first-order valence-corrected chi connectivity index (χ1v) is 12.1. The minimum Gasteiger partial charge on any atom is -0.507 e. The molecule has 0 amide bonds. The lowest BCUT2D eigenvalue weighted by molar-refractivity contribution is 0.299. The Morgan fingerprint density at radius 3 is 2.41 bits per heavy atom. The molecule has 8 heteroatoms. The molecule has 2 aromatic heterocycles. The van der Waals surface area contributed by atoms with Gasteiger partial charge in [0, 0.05) is 17.2 Å². The molecule has 0 bridgehead atoms. The van der Waals surface area contributed by atoms with Crippen LogP contribution < -0.4 is 10.5 Å². The number of phenols is 1. The van der Waals surface area contributed by atoms with Crippen molar-refractivity contribution in [1.82, 2.24) is 25.0 Å². The van der Waals surface area contributed by atoms with Crippen molar-refractivity contribution in [2.45, 2.75) is 32.9 Å². The van der Waals surface area contributed by atoms with Crippen molar-refractivity contribution in [2.24, 2.45) is 0 Å². The van der Waals surface area contributed by atoms with E-state index in [4.69, 9.17) is 10.5 Å². The van der Waals surface area contributed by atoms with Crippen LogP contribution in [0.1, 0.15) is 36.6 Å². The van der Waals surface area contributed by atoms with E-state index in [0.717, 1.165) is 11.1 Å². The molecule has 0 aliphatic carbocycles. The van der Waals surface area contributed by atoms with E-state index >= 15 is 0 Å². The van der Waals surface area contributed by atoms with E-state index in [9.17, 15) is 5.11 Å². The quantitative estimate of drug-likeness (QED) is 0.297. The number of hydrogen-bond donors (Lipinski definition) is 2. The molecule has 0 radical (unpaired) electrons. The van der Waals surface area contributed by atoms with E-state index in [-0.39, 0.29) is 18.3 Å². The standard InChI is InChI=1S/C29H28N6O2/c1-19(2)21-8-10-22(11-9-21)26-15-27(32-29(30)31-26)25-13-12-24(14-28(25)36)37-18-23-17-35(34-33-23)16-20-6-4-3-5-7-20/h3-15,17,19,36H,16,18H2,1-2H3,(H2,30,31,32). The van der Waals surface area contributed by atoms with Crippen molar-refractivity contribution in [2.75, 3.05) is 5.73 Å². The molecule has 0 saturated carbocycles. The second-order valence-corrected chi connectivity index (χ2v) is 9.13. The third-order valence-electron chi connectivity index (χ3n) is 6.02. The molecular formula is C29H28N6O2. The summed E-state index contributed by atoms with van der Waals surface area (Å²) in [4.78, 5) is 8.73. The van der Waals surface area contributed by atoms with Gasteiger partial charge in [-0.2, -0.15) is 0 Å². The Bertz CT molecular complexity index is 1500. The lowest BCUT2D eigenvalue weighted by atomic mass is 10.00. The van der Waals surface area contributed by atoms with Gasteiger partial charge in [0.2, 0.25) is 5.95 Å². The third-order valence-corrected chi connectivity index (χ3v) is 6.02. The summed E-state index contributed by atoms with van der Waals surface area (Å²) in [6.07, 6.45) is 1.85. The Morgan fingerprint density at radius 2 is 1.68 bits per heavy atom. The minimum atomic E-state index is 0.0319. The maximum absolute atomic E-state index is 10.7. The zero-order valence-corrected chi connectivity index (χ0v) is 20.7. The predicted molar refractivity (Wildman–Crippen MR) is 143 cm³/mol. The van der Waals surface area contributed by atoms with Gasteiger partial charge < -0.3 is 15.6 Å². The zero-order valence-electron chi connectivity index (χ0n) is 20.7. The van der Waals surface area contributed by atoms with Gasteiger partial charge in [-0.05, 0) is 35.2 Å². The van der Waals surface area contributed by atoms with Crippen LogP contribution in [0.3, 0.4) is 0 Å². The Labute approximate surface area is 215 Å². The zero-order chi connectivity index (χ0) is 25.8. The van der Waals surface area contributed by atoms with Crippen LogP contribution in [-0.4, -0.2) is 30.1 Å². The highest BCUT2D eigenvalue weighted by Gasteiger charge is 2.13. The number of nitrogens with zero attached hydrogens (tertiary/aromatic N) is 5. The van der Waals surface area contributed by atoms with Gasteiger partial charge in [0.1, 0.15) is 23.8 Å². The molecule has 0 unspecified atom stereocenters. The molecule has 3 aromatic carbocycles. The van der Waals surface area contributed by atoms with Crippen molar-refractivity contribution in [3.05, 3.63) is 102 Å². The van der Waals surface area contributed by atoms with Crippen LogP contribution in [-0.2, 0) is 13.2 Å². The number of aromatic nitrogens is 5. The number of anilines is 1. The Balaban J connectivity index is 1.29. The van der Waals surface area contributed by atoms with Crippen molar-refractivity contribution >= 4 is 5.95 Å². The molecule has 5 aromatic rings. The molecule has 0 aliphatic heterocycles. The number of rotatable bonds is 8. The monoisotopic (exact) mass is 492 g/mol. The number of ether oxygens (including phenoxy) is 1. The summed E-state index contributed by atoms with van der Waals surface area (Å²) in [5, 5.41) is 19.1. The fourth-order valence-corrected chi connectivity index (χ4v) is 4.02. The number of aromatic hydroxyl groups is 1. The average Bonchev–Trinajstić information content (AvgIpc) is 3.35. The summed E-state index contributed by atoms with van der Waals surface area (Å²) in [5.74, 6) is 1.12. The number of hydrogen-bond acceptors (Lipinski definition) is 7. The van der Waals surface area contributed by atoms with Gasteiger partial charge in [-0.3, -0.25) is 0 Å². The van der Waals surface area contributed by atoms with Crippen LogP contribution in [0.25, 0.3) is 22.5 Å². The molecule has 2 heterocycles. The molecule has 186 valence electrons. The highest BCUT2D eigenvalue weighted by atomic mass is 16.5. The van der Waals surface area contributed by atoms with Crippen molar-refractivity contribution in [3.63, 3.8) is 0 Å². The smallest absolute Gasteiger partial charge is 0.221 e. The Morgan fingerprint density at radius 1 is 0.919 bits per heavy atom. The molecular weight excluding hydrogens is 464 g/mol. The van der Waals surface area contributed by atoms with Crippen molar-refractivity contribution in [3.8, 4) is 34.0 Å². The molecule has 0 atom stereocenters. The number of benzene rings is 3. The van der Waals surface area contributed by atoms with E-state index in [2.05, 4.69) is 46.3 Å². The normalized spacial score (nSPS) is 11.1. The van der Waals surface area contributed by atoms with Gasteiger partial charge in [0.25, 0.3) is 0 Å². The number of phenolic OH excluding ortho intramolecular Hbond substituents is 1. The fraction of sp³-hybridized carbons (Fsp3) is 0.172. The molecule has 0 fully saturated rings. The molecule has 3 N–H and O–H groups in total. The third kappa shape index (κ3) is 5.75. The van der Waals surface area contributed by atoms with Gasteiger partial charge in [0.15, 0.2) is 0 Å². The topological polar surface area (TPSA) is 112 Å². The van der Waals surface area contributed by atoms with Crippen molar-refractivity contribution in [1.29, 1.82) is 0 Å². The van der Waals surface area contributed by atoms with Crippen LogP contribution in [0.5, 0.6) is 11.5 Å². The first-order valence-electron chi connectivity index (χ1n) is 12.1. The summed E-state index contributed by atoms with van der Waals surface area (Å²) < 4.78 is 7.61. The van der Waals surface area contributed by atoms with E-state index in [1.807, 2.05) is 54.7 Å². The van der Waals surface area contributed by atoms with E-state index in [1.54, 1.807) is 22.9 Å². The first kappa shape index (κ1) is 24.0. The average molecular weight is 493 g/mol. The lowest BCUT2D eigenvalue weighted by Crippen LogP contribution is -2.00. The number of nitrogens with two attached hydrogens (primary N) is 1. The second-order valence-electron chi connectivity index (χ2n) is 9.13. The van der Waals surface area contributed by atoms with Crippen LogP contribution in [0.2, 0.25) is 0 Å². The maximum Gasteiger partial charge on any atom is 0.221 e. The number of nitrogen functional groups attached to an aromatic ring is 1. The highest BCUT2D eigenvalue weighted by Crippen LogP contribution is 2.34. The van der Waals surface area contributed by atoms with Crippen LogP contribution in [0.4, 0.5) is 5.95 Å². The molecule has 5 rings (SSSR count). The molecule has 37 heavy (non-hydrogen) atoms. The Kier molecular flexibility index (Phi) is 6.81. The Hall–Kier alpha value is -4.72. The van der Waals surface area contributed by atoms with Gasteiger partial charge in [-0.25, -0.2) is 14.6 Å². The van der Waals surface area contributed by atoms with Crippen LogP contribution in [0, 0.1) is 0 Å². The SMILES string of the molecule is CC(C)c1ccc(-c2cc(-c3ccc(OCc4cn(Cc5ccccc5)nn4)cc3O)nc(N)n2)cc1. The molecule has 8 nitrogen and oxygen atoms in total. The summed E-state index contributed by atoms with van der Waals surface area (Å²) >= 11 is 0. The molecule has 0 saturated heterocycles. The molecule has 0 aliphatic rings. The van der Waals surface area contributed by atoms with Gasteiger partial charge in [0.05, 0.1) is 24.1 Å². The van der Waals surface area contributed by atoms with Gasteiger partial charge >= 0.3 is 0 Å². The maximum atomic E-state index is 10.7. The fourth-order valence-electron chi connectivity index (χ4n) is 4.02. The lowest BCUT2D eigenvalue weighted by Gasteiger charge is -2.11. The summed E-state index contributed by atoms with van der Waals surface area (Å²) in [6, 6.07) is 25.2. The summed E-state index contributed by atoms with van der Waals surface area (Å²) in [6.45, 7) is 5.17. The minimum absolute atomic E-state index is 0.0319. The molecule has 0 spiro atoms. The largest absolute Gasteiger partial charge is 0.507 e. The van der Waals surface area contributed by atoms with Crippen LogP contribution in [0.15, 0.2) is 85.1 Å². The van der Waals surface area contributed by atoms with Gasteiger partial charge in [-0.1, -0.05) is 73.7 Å². The summed E-state index contributed by atoms with van der Waals surface area (Å²) in [5.41, 5.74) is 11.8. The van der Waals surface area contributed by atoms with E-state index in [1.165, 1.54) is 5.56 Å². The highest BCUT2D eigenvalue weighted by molar-refractivity contribution is 5.73. The van der Waals surface area contributed by atoms with Gasteiger partial charge in [-0.15, -0.1) is 5.10 Å². The first-order chi connectivity index (χ1) is 17.9. The predicted octanol–water partition coefficient (Wildman–Crippen LogP) is 5.44. The van der Waals surface area contributed by atoms with E-state index < -0.39 is 0 Å². The van der Waals surface area contributed by atoms with Crippen molar-refractivity contribution < 1.29 is 9.84 Å². The summed E-state index contributed by atoms with van der Waals surface area (Å²) in [7, 11) is 0. The van der Waals surface area contributed by atoms with Crippen LogP contribution >= 0.6 is 0 Å². The second kappa shape index (κ2) is 10.5.